The number of hydrogen-bond acceptors (Lipinski definition) is 1. The fourth-order valence-electron chi connectivity index (χ4n) is 1.76. The van der Waals surface area contributed by atoms with Gasteiger partial charge in [0.1, 0.15) is 8.07 Å². The Morgan fingerprint density at radius 1 is 1.06 bits per heavy atom. The van der Waals surface area contributed by atoms with Crippen molar-refractivity contribution in [2.24, 2.45) is 0 Å². The second kappa shape index (κ2) is 4.51. The van der Waals surface area contributed by atoms with Crippen LogP contribution in [0.4, 0.5) is 0 Å². The van der Waals surface area contributed by atoms with Gasteiger partial charge in [-0.1, -0.05) is 52.4 Å². The lowest BCUT2D eigenvalue weighted by Gasteiger charge is -2.22. The molecule has 2 rings (SSSR count). The average Bonchev–Trinajstić information content (AvgIpc) is 2.30. The molecule has 1 heterocycles. The smallest absolute Gasteiger partial charge is 0.135 e. The van der Waals surface area contributed by atoms with Crippen LogP contribution in [0.15, 0.2) is 53.1 Å². The summed E-state index contributed by atoms with van der Waals surface area (Å²) in [4.78, 5) is 4.50. The summed E-state index contributed by atoms with van der Waals surface area (Å²) in [5, 5.41) is 2.63. The van der Waals surface area contributed by atoms with Crippen LogP contribution in [0.2, 0.25) is 13.1 Å². The van der Waals surface area contributed by atoms with Crippen LogP contribution in [0, 0.1) is 0 Å². The molecule has 0 aliphatic rings. The Balaban J connectivity index is 2.47. The van der Waals surface area contributed by atoms with Crippen LogP contribution in [-0.4, -0.2) is 13.1 Å². The third-order valence-electron chi connectivity index (χ3n) is 2.85. The molecule has 0 N–H and O–H groups in total. The Bertz CT molecular complexity index is 482. The van der Waals surface area contributed by atoms with Gasteiger partial charge in [0.25, 0.3) is 0 Å². The Kier molecular flexibility index (Phi) is 3.26. The van der Waals surface area contributed by atoms with Crippen molar-refractivity contribution >= 4 is 34.5 Å². The van der Waals surface area contributed by atoms with Gasteiger partial charge in [-0.3, -0.25) is 4.98 Å². The zero-order valence-electron chi connectivity index (χ0n) is 9.44. The van der Waals surface area contributed by atoms with Gasteiger partial charge in [0.05, 0.1) is 0 Å². The summed E-state index contributed by atoms with van der Waals surface area (Å²) in [5.74, 6) is 0. The summed E-state index contributed by atoms with van der Waals surface area (Å²) in [6.07, 6.45) is 1.88. The summed E-state index contributed by atoms with van der Waals surface area (Å²) in [5.41, 5.74) is 0. The predicted octanol–water partition coefficient (Wildman–Crippen LogP) is 2.67. The topological polar surface area (TPSA) is 12.9 Å². The molecule has 3 heteroatoms. The van der Waals surface area contributed by atoms with E-state index in [-0.39, 0.29) is 0 Å². The first-order valence-electron chi connectivity index (χ1n) is 5.28. The first kappa shape index (κ1) is 11.5. The highest BCUT2D eigenvalue weighted by Crippen LogP contribution is 2.10. The lowest BCUT2D eigenvalue weighted by molar-refractivity contribution is 1.37. The first-order valence-corrected chi connectivity index (χ1v) is 9.07. The minimum absolute atomic E-state index is 1.14. The van der Waals surface area contributed by atoms with Crippen LogP contribution >= 0.6 is 15.9 Å². The van der Waals surface area contributed by atoms with Crippen molar-refractivity contribution in [3.8, 4) is 0 Å². The van der Waals surface area contributed by atoms with Crippen LogP contribution < -0.4 is 10.5 Å². The highest BCUT2D eigenvalue weighted by Gasteiger charge is 2.27. The van der Waals surface area contributed by atoms with Crippen molar-refractivity contribution < 1.29 is 0 Å². The summed E-state index contributed by atoms with van der Waals surface area (Å²) in [6, 6.07) is 14.7. The van der Waals surface area contributed by atoms with Crippen molar-refractivity contribution in [3.05, 3.63) is 53.1 Å². The number of aromatic nitrogens is 1. The summed E-state index contributed by atoms with van der Waals surface area (Å²) in [7, 11) is -1.63. The van der Waals surface area contributed by atoms with E-state index in [0.29, 0.717) is 0 Å². The van der Waals surface area contributed by atoms with Gasteiger partial charge < -0.3 is 0 Å². The molecule has 0 saturated heterocycles. The SMILES string of the molecule is C[Si](C)(c1cccc(Br)c1)c1ccccn1. The van der Waals surface area contributed by atoms with Gasteiger partial charge in [-0.05, 0) is 24.3 Å². The van der Waals surface area contributed by atoms with Crippen LogP contribution in [0.25, 0.3) is 0 Å². The number of rotatable bonds is 2. The highest BCUT2D eigenvalue weighted by molar-refractivity contribution is 9.10. The average molecular weight is 292 g/mol. The second-order valence-electron chi connectivity index (χ2n) is 4.35. The fraction of sp³-hybridized carbons (Fsp3) is 0.154. The number of hydrogen-bond donors (Lipinski definition) is 0. The van der Waals surface area contributed by atoms with E-state index in [1.165, 1.54) is 10.5 Å². The monoisotopic (exact) mass is 291 g/mol. The third kappa shape index (κ3) is 2.25. The molecule has 0 spiro atoms. The van der Waals surface area contributed by atoms with E-state index >= 15 is 0 Å². The molecule has 1 aromatic carbocycles. The summed E-state index contributed by atoms with van der Waals surface area (Å²) < 4.78 is 1.14. The van der Waals surface area contributed by atoms with Crippen molar-refractivity contribution in [2.75, 3.05) is 0 Å². The van der Waals surface area contributed by atoms with Gasteiger partial charge in [-0.2, -0.15) is 0 Å². The molecular weight excluding hydrogens is 278 g/mol. The van der Waals surface area contributed by atoms with Crippen LogP contribution in [0.3, 0.4) is 0 Å². The summed E-state index contributed by atoms with van der Waals surface area (Å²) in [6.45, 7) is 4.66. The highest BCUT2D eigenvalue weighted by atomic mass is 79.9. The maximum Gasteiger partial charge on any atom is 0.135 e. The van der Waals surface area contributed by atoms with Gasteiger partial charge in [0, 0.05) is 16.0 Å². The molecule has 0 atom stereocenters. The Morgan fingerprint density at radius 2 is 1.88 bits per heavy atom. The van der Waals surface area contributed by atoms with Gasteiger partial charge in [0.15, 0.2) is 0 Å². The van der Waals surface area contributed by atoms with E-state index in [0.717, 1.165) is 4.47 Å². The second-order valence-corrected chi connectivity index (χ2v) is 9.61. The molecule has 2 aromatic rings. The predicted molar refractivity (Wildman–Crippen MR) is 75.1 cm³/mol. The third-order valence-corrected chi connectivity index (χ3v) is 6.68. The molecule has 0 bridgehead atoms. The Hall–Kier alpha value is -0.933. The largest absolute Gasteiger partial charge is 0.266 e. The molecule has 82 valence electrons. The molecule has 0 fully saturated rings. The first-order chi connectivity index (χ1) is 7.60. The normalized spacial score (nSPS) is 11.4. The molecule has 0 radical (unpaired) electrons. The molecule has 0 amide bonds. The lowest BCUT2D eigenvalue weighted by Crippen LogP contribution is -2.54. The lowest BCUT2D eigenvalue weighted by atomic mass is 10.4. The van der Waals surface area contributed by atoms with Crippen molar-refractivity contribution in [1.82, 2.24) is 4.98 Å². The molecule has 0 saturated carbocycles. The number of pyridine rings is 1. The quantitative estimate of drug-likeness (QED) is 0.776. The number of halogens is 1. The molecular formula is C13H14BrNSi. The van der Waals surface area contributed by atoms with E-state index < -0.39 is 8.07 Å². The minimum Gasteiger partial charge on any atom is -0.266 e. The molecule has 16 heavy (non-hydrogen) atoms. The van der Waals surface area contributed by atoms with Gasteiger partial charge >= 0.3 is 0 Å². The molecule has 0 unspecified atom stereocenters. The standard InChI is InChI=1S/C13H14BrNSi/c1-16(2,13-8-3-4-9-15-13)12-7-5-6-11(14)10-12/h3-10H,1-2H3. The Morgan fingerprint density at radius 3 is 2.50 bits per heavy atom. The van der Waals surface area contributed by atoms with Gasteiger partial charge in [-0.15, -0.1) is 0 Å². The van der Waals surface area contributed by atoms with Gasteiger partial charge in [-0.25, -0.2) is 0 Å². The summed E-state index contributed by atoms with van der Waals surface area (Å²) >= 11 is 3.53. The molecule has 0 aliphatic carbocycles. The fourth-order valence-corrected chi connectivity index (χ4v) is 4.60. The van der Waals surface area contributed by atoms with Crippen LogP contribution in [0.1, 0.15) is 0 Å². The van der Waals surface area contributed by atoms with Crippen molar-refractivity contribution in [3.63, 3.8) is 0 Å². The van der Waals surface area contributed by atoms with E-state index in [1.807, 2.05) is 12.3 Å². The van der Waals surface area contributed by atoms with E-state index in [4.69, 9.17) is 0 Å². The minimum atomic E-state index is -1.63. The van der Waals surface area contributed by atoms with Crippen molar-refractivity contribution in [2.45, 2.75) is 13.1 Å². The molecule has 1 nitrogen and oxygen atoms in total. The zero-order valence-corrected chi connectivity index (χ0v) is 12.0. The van der Waals surface area contributed by atoms with Crippen molar-refractivity contribution in [1.29, 1.82) is 0 Å². The van der Waals surface area contributed by atoms with Crippen LogP contribution in [-0.2, 0) is 0 Å². The van der Waals surface area contributed by atoms with E-state index in [9.17, 15) is 0 Å². The maximum atomic E-state index is 4.50. The zero-order chi connectivity index (χ0) is 11.6. The van der Waals surface area contributed by atoms with Crippen LogP contribution in [0.5, 0.6) is 0 Å². The van der Waals surface area contributed by atoms with E-state index in [1.54, 1.807) is 0 Å². The Labute approximate surface area is 106 Å². The number of benzene rings is 1. The maximum absolute atomic E-state index is 4.50. The van der Waals surface area contributed by atoms with Gasteiger partial charge in [0.2, 0.25) is 0 Å². The van der Waals surface area contributed by atoms with E-state index in [2.05, 4.69) is 70.4 Å². The molecule has 0 aliphatic heterocycles. The molecule has 1 aromatic heterocycles. The number of nitrogens with zero attached hydrogens (tertiary/aromatic N) is 1.